The molecule has 2 aliphatic carbocycles. The molecule has 0 radical (unpaired) electrons. The molecule has 2 fully saturated rings. The number of carbonyl (C=O) groups is 2. The van der Waals surface area contributed by atoms with Crippen molar-refractivity contribution < 1.29 is 14.3 Å². The predicted octanol–water partition coefficient (Wildman–Crippen LogP) is 3.26. The van der Waals surface area contributed by atoms with Gasteiger partial charge in [0.15, 0.2) is 6.61 Å². The molecule has 0 spiro atoms. The molecule has 2 aliphatic rings. The normalized spacial score (nSPS) is 24.8. The summed E-state index contributed by atoms with van der Waals surface area (Å²) in [7, 11) is 0. The van der Waals surface area contributed by atoms with E-state index < -0.39 is 0 Å². The predicted molar refractivity (Wildman–Crippen MR) is 94.7 cm³/mol. The van der Waals surface area contributed by atoms with Gasteiger partial charge in [0.1, 0.15) is 0 Å². The van der Waals surface area contributed by atoms with Gasteiger partial charge in [-0.3, -0.25) is 9.59 Å². The van der Waals surface area contributed by atoms with Crippen LogP contribution in [0.15, 0.2) is 35.2 Å². The van der Waals surface area contributed by atoms with E-state index >= 15 is 0 Å². The maximum Gasteiger partial charge on any atom is 0.306 e. The van der Waals surface area contributed by atoms with E-state index in [1.807, 2.05) is 30.3 Å². The number of rotatable bonds is 8. The Kier molecular flexibility index (Phi) is 6.18. The Balaban J connectivity index is 1.25. The largest absolute Gasteiger partial charge is 0.456 e. The van der Waals surface area contributed by atoms with Crippen molar-refractivity contribution in [2.24, 2.45) is 17.8 Å². The van der Waals surface area contributed by atoms with Gasteiger partial charge in [-0.05, 0) is 49.1 Å². The van der Waals surface area contributed by atoms with Gasteiger partial charge in [-0.25, -0.2) is 0 Å². The number of fused-ring (bicyclic) bond motifs is 2. The quantitative estimate of drug-likeness (QED) is 0.445. The highest BCUT2D eigenvalue weighted by atomic mass is 32.2. The Morgan fingerprint density at radius 3 is 2.71 bits per heavy atom. The molecule has 0 aliphatic heterocycles. The molecule has 1 N–H and O–H groups in total. The first-order valence-corrected chi connectivity index (χ1v) is 9.79. The van der Waals surface area contributed by atoms with Gasteiger partial charge >= 0.3 is 5.97 Å². The third-order valence-corrected chi connectivity index (χ3v) is 6.13. The van der Waals surface area contributed by atoms with Gasteiger partial charge < -0.3 is 10.1 Å². The van der Waals surface area contributed by atoms with Gasteiger partial charge in [-0.1, -0.05) is 24.6 Å². The molecule has 0 saturated heterocycles. The number of hydrogen-bond donors (Lipinski definition) is 1. The van der Waals surface area contributed by atoms with E-state index in [4.69, 9.17) is 4.74 Å². The first-order valence-electron chi connectivity index (χ1n) is 8.81. The lowest BCUT2D eigenvalue weighted by atomic mass is 9.86. The molecular formula is C19H25NO3S. The Hall–Kier alpha value is -1.49. The van der Waals surface area contributed by atoms with Gasteiger partial charge in [0.25, 0.3) is 5.91 Å². The smallest absolute Gasteiger partial charge is 0.306 e. The summed E-state index contributed by atoms with van der Waals surface area (Å²) >= 11 is 1.69. The number of carbonyl (C=O) groups excluding carboxylic acids is 2. The van der Waals surface area contributed by atoms with Crippen LogP contribution in [0.2, 0.25) is 0 Å². The van der Waals surface area contributed by atoms with E-state index in [-0.39, 0.29) is 18.5 Å². The fraction of sp³-hybridized carbons (Fsp3) is 0.579. The molecule has 3 atom stereocenters. The first kappa shape index (κ1) is 17.3. The topological polar surface area (TPSA) is 55.4 Å². The SMILES string of the molecule is O=C(COC(=O)C[C@@H]1C[C@H]2CC[C@@H]1C2)NCCSc1ccccc1. The van der Waals surface area contributed by atoms with E-state index in [0.29, 0.717) is 24.8 Å². The summed E-state index contributed by atoms with van der Waals surface area (Å²) in [4.78, 5) is 24.8. The van der Waals surface area contributed by atoms with E-state index in [0.717, 1.165) is 11.7 Å². The third-order valence-electron chi connectivity index (χ3n) is 5.11. The number of amides is 1. The van der Waals surface area contributed by atoms with Gasteiger partial charge in [0, 0.05) is 23.6 Å². The Morgan fingerprint density at radius 1 is 1.17 bits per heavy atom. The molecule has 0 unspecified atom stereocenters. The lowest BCUT2D eigenvalue weighted by Gasteiger charge is -2.20. The van der Waals surface area contributed by atoms with Gasteiger partial charge in [0.2, 0.25) is 0 Å². The van der Waals surface area contributed by atoms with Crippen LogP contribution in [0.25, 0.3) is 0 Å². The van der Waals surface area contributed by atoms with Crippen molar-refractivity contribution in [1.29, 1.82) is 0 Å². The second-order valence-corrected chi connectivity index (χ2v) is 7.98. The van der Waals surface area contributed by atoms with Crippen LogP contribution < -0.4 is 5.32 Å². The van der Waals surface area contributed by atoms with Crippen molar-refractivity contribution in [3.8, 4) is 0 Å². The molecular weight excluding hydrogens is 322 g/mol. The zero-order valence-electron chi connectivity index (χ0n) is 13.9. The van der Waals surface area contributed by atoms with Crippen molar-refractivity contribution in [3.05, 3.63) is 30.3 Å². The van der Waals surface area contributed by atoms with Crippen molar-refractivity contribution in [2.45, 2.75) is 37.0 Å². The second kappa shape index (κ2) is 8.56. The minimum Gasteiger partial charge on any atom is -0.456 e. The number of esters is 1. The zero-order chi connectivity index (χ0) is 16.8. The third kappa shape index (κ3) is 5.00. The highest BCUT2D eigenvalue weighted by molar-refractivity contribution is 7.99. The summed E-state index contributed by atoms with van der Waals surface area (Å²) in [5.74, 6) is 2.40. The van der Waals surface area contributed by atoms with E-state index in [9.17, 15) is 9.59 Å². The fourth-order valence-corrected chi connectivity index (χ4v) is 4.76. The summed E-state index contributed by atoms with van der Waals surface area (Å²) in [6.45, 7) is 0.415. The fourth-order valence-electron chi connectivity index (χ4n) is 3.97. The second-order valence-electron chi connectivity index (χ2n) is 6.81. The molecule has 5 heteroatoms. The number of benzene rings is 1. The molecule has 1 aromatic carbocycles. The van der Waals surface area contributed by atoms with Crippen LogP contribution in [-0.4, -0.2) is 30.8 Å². The molecule has 130 valence electrons. The highest BCUT2D eigenvalue weighted by Crippen LogP contribution is 2.49. The van der Waals surface area contributed by atoms with Crippen LogP contribution in [0.3, 0.4) is 0 Å². The van der Waals surface area contributed by atoms with E-state index in [1.165, 1.54) is 30.6 Å². The summed E-state index contributed by atoms with van der Waals surface area (Å²) in [5, 5.41) is 2.79. The molecule has 0 aromatic heterocycles. The first-order chi connectivity index (χ1) is 11.7. The zero-order valence-corrected chi connectivity index (χ0v) is 14.7. The number of nitrogens with one attached hydrogen (secondary N) is 1. The molecule has 24 heavy (non-hydrogen) atoms. The van der Waals surface area contributed by atoms with Crippen molar-refractivity contribution in [1.82, 2.24) is 5.32 Å². The lowest BCUT2D eigenvalue weighted by molar-refractivity contribution is -0.149. The molecule has 1 aromatic rings. The maximum absolute atomic E-state index is 11.9. The monoisotopic (exact) mass is 347 g/mol. The van der Waals surface area contributed by atoms with E-state index in [2.05, 4.69) is 5.32 Å². The van der Waals surface area contributed by atoms with Crippen LogP contribution in [0.4, 0.5) is 0 Å². The summed E-state index contributed by atoms with van der Waals surface area (Å²) in [5.41, 5.74) is 0. The Bertz CT molecular complexity index is 563. The highest BCUT2D eigenvalue weighted by Gasteiger charge is 2.40. The van der Waals surface area contributed by atoms with Crippen molar-refractivity contribution in [3.63, 3.8) is 0 Å². The van der Waals surface area contributed by atoms with Crippen molar-refractivity contribution >= 4 is 23.6 Å². The number of thioether (sulfide) groups is 1. The maximum atomic E-state index is 11.9. The van der Waals surface area contributed by atoms with Gasteiger partial charge in [0.05, 0.1) is 0 Å². The summed E-state index contributed by atoms with van der Waals surface area (Å²) in [6, 6.07) is 10.1. The standard InChI is InChI=1S/C19H25NO3S/c21-18(20-8-9-24-17-4-2-1-3-5-17)13-23-19(22)12-16-11-14-6-7-15(16)10-14/h1-5,14-16H,6-13H2,(H,20,21)/t14-,15+,16-/m0/s1. The van der Waals surface area contributed by atoms with Gasteiger partial charge in [-0.15, -0.1) is 11.8 Å². The number of ether oxygens (including phenoxy) is 1. The summed E-state index contributed by atoms with van der Waals surface area (Å²) in [6.07, 6.45) is 5.54. The van der Waals surface area contributed by atoms with Crippen molar-refractivity contribution in [2.75, 3.05) is 18.9 Å². The van der Waals surface area contributed by atoms with Crippen LogP contribution in [0.1, 0.15) is 32.1 Å². The Labute approximate surface area is 147 Å². The minimum absolute atomic E-state index is 0.157. The van der Waals surface area contributed by atoms with Gasteiger partial charge in [-0.2, -0.15) is 0 Å². The van der Waals surface area contributed by atoms with Crippen LogP contribution >= 0.6 is 11.8 Å². The average Bonchev–Trinajstić information content (AvgIpc) is 3.21. The Morgan fingerprint density at radius 2 is 2.00 bits per heavy atom. The van der Waals surface area contributed by atoms with E-state index in [1.54, 1.807) is 11.8 Å². The van der Waals surface area contributed by atoms with Crippen LogP contribution in [-0.2, 0) is 14.3 Å². The lowest BCUT2D eigenvalue weighted by Crippen LogP contribution is -2.31. The molecule has 2 bridgehead atoms. The average molecular weight is 347 g/mol. The van der Waals surface area contributed by atoms with Crippen LogP contribution in [0, 0.1) is 17.8 Å². The molecule has 4 nitrogen and oxygen atoms in total. The minimum atomic E-state index is -0.221. The number of hydrogen-bond acceptors (Lipinski definition) is 4. The summed E-state index contributed by atoms with van der Waals surface area (Å²) < 4.78 is 5.13. The molecule has 2 saturated carbocycles. The van der Waals surface area contributed by atoms with Crippen LogP contribution in [0.5, 0.6) is 0 Å². The molecule has 3 rings (SSSR count). The molecule has 0 heterocycles. The molecule has 1 amide bonds.